The van der Waals surface area contributed by atoms with Gasteiger partial charge in [-0.15, -0.1) is 0 Å². The summed E-state index contributed by atoms with van der Waals surface area (Å²) >= 11 is 1.72. The molecule has 2 aromatic rings. The zero-order valence-corrected chi connectivity index (χ0v) is 18.7. The summed E-state index contributed by atoms with van der Waals surface area (Å²) in [6.45, 7) is 8.15. The first-order chi connectivity index (χ1) is 13.2. The average Bonchev–Trinajstić information content (AvgIpc) is 2.66. The maximum absolute atomic E-state index is 12.9. The van der Waals surface area contributed by atoms with E-state index in [1.807, 2.05) is 46.1 Å². The molecule has 7 heteroatoms. The summed E-state index contributed by atoms with van der Waals surface area (Å²) in [7, 11) is -3.60. The molecule has 0 heterocycles. The van der Waals surface area contributed by atoms with E-state index in [9.17, 15) is 13.2 Å². The van der Waals surface area contributed by atoms with Crippen molar-refractivity contribution < 1.29 is 13.2 Å². The molecule has 0 bridgehead atoms. The standard InChI is InChI=1S/C21H28N2O3S2/c1-6-23(7-2)28(25,26)19-12-15(3)16(4)20(13-19)22-21(24)18-10-8-17(9-11-18)14-27-5/h8-13H,6-7,14H2,1-5H3,(H,22,24). The van der Waals surface area contributed by atoms with Crippen LogP contribution in [0.2, 0.25) is 0 Å². The van der Waals surface area contributed by atoms with Crippen LogP contribution in [0.5, 0.6) is 0 Å². The molecular formula is C21H28N2O3S2. The van der Waals surface area contributed by atoms with Crippen LogP contribution >= 0.6 is 11.8 Å². The molecule has 2 rings (SSSR count). The van der Waals surface area contributed by atoms with E-state index in [1.165, 1.54) is 4.31 Å². The highest BCUT2D eigenvalue weighted by molar-refractivity contribution is 7.97. The molecule has 0 aliphatic heterocycles. The fraction of sp³-hybridized carbons (Fsp3) is 0.381. The van der Waals surface area contributed by atoms with Crippen LogP contribution in [0.25, 0.3) is 0 Å². The van der Waals surface area contributed by atoms with Gasteiger partial charge < -0.3 is 5.32 Å². The largest absolute Gasteiger partial charge is 0.322 e. The van der Waals surface area contributed by atoms with Crippen molar-refractivity contribution in [1.82, 2.24) is 4.31 Å². The van der Waals surface area contributed by atoms with Gasteiger partial charge in [0.15, 0.2) is 0 Å². The van der Waals surface area contributed by atoms with Gasteiger partial charge in [-0.1, -0.05) is 26.0 Å². The first kappa shape index (κ1) is 22.5. The van der Waals surface area contributed by atoms with Gasteiger partial charge in [0.25, 0.3) is 5.91 Å². The number of anilines is 1. The molecule has 0 aliphatic rings. The molecule has 0 radical (unpaired) electrons. The number of amides is 1. The molecule has 1 N–H and O–H groups in total. The van der Waals surface area contributed by atoms with Crippen molar-refractivity contribution in [2.45, 2.75) is 38.3 Å². The van der Waals surface area contributed by atoms with Gasteiger partial charge in [-0.2, -0.15) is 16.1 Å². The molecule has 0 saturated carbocycles. The average molecular weight is 421 g/mol. The summed E-state index contributed by atoms with van der Waals surface area (Å²) < 4.78 is 27.2. The Bertz CT molecular complexity index is 935. The predicted molar refractivity (Wildman–Crippen MR) is 118 cm³/mol. The van der Waals surface area contributed by atoms with Gasteiger partial charge in [0.1, 0.15) is 0 Å². The van der Waals surface area contributed by atoms with Crippen molar-refractivity contribution in [1.29, 1.82) is 0 Å². The minimum Gasteiger partial charge on any atom is -0.322 e. The quantitative estimate of drug-likeness (QED) is 0.685. The number of hydrogen-bond donors (Lipinski definition) is 1. The van der Waals surface area contributed by atoms with Crippen LogP contribution in [0.1, 0.15) is 40.9 Å². The summed E-state index contributed by atoms with van der Waals surface area (Å²) in [5.41, 5.74) is 3.89. The Labute approximate surface area is 172 Å². The second-order valence-corrected chi connectivity index (χ2v) is 9.39. The van der Waals surface area contributed by atoms with Crippen molar-refractivity contribution in [3.05, 3.63) is 58.7 Å². The molecule has 0 spiro atoms. The van der Waals surface area contributed by atoms with Gasteiger partial charge in [0, 0.05) is 30.1 Å². The number of thioether (sulfide) groups is 1. The zero-order valence-electron chi connectivity index (χ0n) is 17.1. The van der Waals surface area contributed by atoms with Crippen molar-refractivity contribution in [2.75, 3.05) is 24.7 Å². The highest BCUT2D eigenvalue weighted by Gasteiger charge is 2.23. The minimum absolute atomic E-state index is 0.199. The van der Waals surface area contributed by atoms with E-state index < -0.39 is 10.0 Å². The van der Waals surface area contributed by atoms with E-state index in [-0.39, 0.29) is 10.8 Å². The van der Waals surface area contributed by atoms with Crippen LogP contribution in [-0.2, 0) is 15.8 Å². The summed E-state index contributed by atoms with van der Waals surface area (Å²) in [6, 6.07) is 10.7. The molecule has 2 aromatic carbocycles. The van der Waals surface area contributed by atoms with Gasteiger partial charge in [-0.3, -0.25) is 4.79 Å². The third-order valence-corrected chi connectivity index (χ3v) is 7.41. The van der Waals surface area contributed by atoms with Gasteiger partial charge in [0.2, 0.25) is 10.0 Å². The summed E-state index contributed by atoms with van der Waals surface area (Å²) in [5.74, 6) is 0.640. The lowest BCUT2D eigenvalue weighted by molar-refractivity contribution is 0.102. The van der Waals surface area contributed by atoms with Gasteiger partial charge in [-0.05, 0) is 61.1 Å². The molecule has 0 aromatic heterocycles. The first-order valence-corrected chi connectivity index (χ1v) is 12.1. The molecule has 5 nitrogen and oxygen atoms in total. The number of hydrogen-bond acceptors (Lipinski definition) is 4. The van der Waals surface area contributed by atoms with E-state index in [2.05, 4.69) is 5.32 Å². The molecule has 28 heavy (non-hydrogen) atoms. The Kier molecular flexibility index (Phi) is 7.69. The lowest BCUT2D eigenvalue weighted by Gasteiger charge is -2.20. The number of nitrogens with one attached hydrogen (secondary N) is 1. The Balaban J connectivity index is 2.35. The van der Waals surface area contributed by atoms with Crippen LogP contribution in [0.4, 0.5) is 5.69 Å². The molecular weight excluding hydrogens is 392 g/mol. The molecule has 0 unspecified atom stereocenters. The second kappa shape index (κ2) is 9.58. The van der Waals surface area contributed by atoms with Crippen LogP contribution in [0, 0.1) is 13.8 Å². The van der Waals surface area contributed by atoms with E-state index in [0.29, 0.717) is 24.3 Å². The van der Waals surface area contributed by atoms with E-state index >= 15 is 0 Å². The SMILES string of the molecule is CCN(CC)S(=O)(=O)c1cc(C)c(C)c(NC(=O)c2ccc(CSC)cc2)c1. The Hall–Kier alpha value is -1.83. The lowest BCUT2D eigenvalue weighted by Crippen LogP contribution is -2.30. The number of sulfonamides is 1. The number of benzene rings is 2. The maximum Gasteiger partial charge on any atom is 0.255 e. The summed E-state index contributed by atoms with van der Waals surface area (Å²) in [5, 5.41) is 2.88. The topological polar surface area (TPSA) is 66.5 Å². The van der Waals surface area contributed by atoms with Gasteiger partial charge >= 0.3 is 0 Å². The Morgan fingerprint density at radius 3 is 2.21 bits per heavy atom. The molecule has 152 valence electrons. The maximum atomic E-state index is 12.9. The minimum atomic E-state index is -3.60. The third-order valence-electron chi connectivity index (χ3n) is 4.76. The number of carbonyl (C=O) groups excluding carboxylic acids is 1. The molecule has 0 atom stereocenters. The second-order valence-electron chi connectivity index (χ2n) is 6.59. The van der Waals surface area contributed by atoms with Crippen molar-refractivity contribution in [2.24, 2.45) is 0 Å². The smallest absolute Gasteiger partial charge is 0.255 e. The first-order valence-electron chi connectivity index (χ1n) is 9.25. The number of aryl methyl sites for hydroxylation is 1. The fourth-order valence-corrected chi connectivity index (χ4v) is 5.03. The van der Waals surface area contributed by atoms with Crippen LogP contribution < -0.4 is 5.32 Å². The number of rotatable bonds is 8. The zero-order chi connectivity index (χ0) is 20.9. The lowest BCUT2D eigenvalue weighted by atomic mass is 10.1. The van der Waals surface area contributed by atoms with E-state index in [4.69, 9.17) is 0 Å². The molecule has 0 aliphatic carbocycles. The number of carbonyl (C=O) groups is 1. The van der Waals surface area contributed by atoms with E-state index in [1.54, 1.807) is 36.0 Å². The predicted octanol–water partition coefficient (Wildman–Crippen LogP) is 4.45. The Morgan fingerprint density at radius 1 is 1.07 bits per heavy atom. The van der Waals surface area contributed by atoms with Crippen molar-refractivity contribution in [3.8, 4) is 0 Å². The fourth-order valence-electron chi connectivity index (χ4n) is 2.93. The summed E-state index contributed by atoms with van der Waals surface area (Å²) in [6.07, 6.45) is 2.03. The highest BCUT2D eigenvalue weighted by atomic mass is 32.2. The third kappa shape index (κ3) is 4.96. The molecule has 0 fully saturated rings. The molecule has 1 amide bonds. The number of nitrogens with zero attached hydrogens (tertiary/aromatic N) is 1. The van der Waals surface area contributed by atoms with Gasteiger partial charge in [0.05, 0.1) is 4.90 Å². The normalized spacial score (nSPS) is 11.6. The van der Waals surface area contributed by atoms with Crippen molar-refractivity contribution >= 4 is 33.4 Å². The Morgan fingerprint density at radius 2 is 1.68 bits per heavy atom. The highest BCUT2D eigenvalue weighted by Crippen LogP contribution is 2.27. The molecule has 0 saturated heterocycles. The van der Waals surface area contributed by atoms with E-state index in [0.717, 1.165) is 22.4 Å². The van der Waals surface area contributed by atoms with Crippen molar-refractivity contribution in [3.63, 3.8) is 0 Å². The van der Waals surface area contributed by atoms with Crippen LogP contribution in [0.15, 0.2) is 41.3 Å². The van der Waals surface area contributed by atoms with Gasteiger partial charge in [-0.25, -0.2) is 8.42 Å². The van der Waals surface area contributed by atoms with Crippen LogP contribution in [-0.4, -0.2) is 38.0 Å². The summed E-state index contributed by atoms with van der Waals surface area (Å²) in [4.78, 5) is 12.9. The monoisotopic (exact) mass is 420 g/mol. The van der Waals surface area contributed by atoms with Crippen LogP contribution in [0.3, 0.4) is 0 Å².